The summed E-state index contributed by atoms with van der Waals surface area (Å²) in [5, 5.41) is 0.108. The Kier molecular flexibility index (Phi) is 3.48. The number of hydrogen-bond donors (Lipinski definition) is 0. The molecule has 0 aliphatic heterocycles. The molecular formula is C12H18OS. The van der Waals surface area contributed by atoms with Crippen molar-refractivity contribution in [1.82, 2.24) is 0 Å². The van der Waals surface area contributed by atoms with Gasteiger partial charge in [0.25, 0.3) is 0 Å². The summed E-state index contributed by atoms with van der Waals surface area (Å²) in [5.41, 5.74) is 1.15. The lowest BCUT2D eigenvalue weighted by molar-refractivity contribution is 0.640. The van der Waals surface area contributed by atoms with E-state index in [1.807, 2.05) is 58.0 Å². The van der Waals surface area contributed by atoms with E-state index in [9.17, 15) is 4.21 Å². The molecule has 1 aromatic carbocycles. The van der Waals surface area contributed by atoms with Crippen LogP contribution < -0.4 is 0 Å². The zero-order valence-electron chi connectivity index (χ0n) is 9.28. The summed E-state index contributed by atoms with van der Waals surface area (Å²) < 4.78 is 11.9. The zero-order valence-corrected chi connectivity index (χ0v) is 10.1. The Balaban J connectivity index is 2.87. The van der Waals surface area contributed by atoms with Crippen LogP contribution in [-0.4, -0.2) is 8.96 Å². The van der Waals surface area contributed by atoms with Gasteiger partial charge in [0.15, 0.2) is 0 Å². The minimum Gasteiger partial charge on any atom is -0.258 e. The van der Waals surface area contributed by atoms with E-state index in [1.54, 1.807) is 0 Å². The second-order valence-corrected chi connectivity index (χ2v) is 6.99. The second-order valence-electron chi connectivity index (χ2n) is 4.46. The Bertz CT molecular complexity index is 311. The summed E-state index contributed by atoms with van der Waals surface area (Å²) in [6.07, 6.45) is 0. The van der Waals surface area contributed by atoms with E-state index in [4.69, 9.17) is 0 Å². The first kappa shape index (κ1) is 11.4. The summed E-state index contributed by atoms with van der Waals surface area (Å²) in [7, 11) is -0.833. The van der Waals surface area contributed by atoms with Crippen molar-refractivity contribution in [2.24, 2.45) is 0 Å². The van der Waals surface area contributed by atoms with Gasteiger partial charge in [0, 0.05) is 15.5 Å². The Morgan fingerprint density at radius 1 is 1.14 bits per heavy atom. The van der Waals surface area contributed by atoms with Gasteiger partial charge in [-0.15, -0.1) is 0 Å². The normalized spacial score (nSPS) is 16.3. The van der Waals surface area contributed by atoms with Crippen molar-refractivity contribution < 1.29 is 4.21 Å². The predicted octanol–water partition coefficient (Wildman–Crippen LogP) is 3.29. The van der Waals surface area contributed by atoms with Crippen molar-refractivity contribution in [2.75, 3.05) is 0 Å². The average Bonchev–Trinajstić information content (AvgIpc) is 2.15. The van der Waals surface area contributed by atoms with Crippen LogP contribution in [0.1, 0.15) is 38.5 Å². The Hall–Kier alpha value is -0.630. The Morgan fingerprint density at radius 2 is 1.64 bits per heavy atom. The van der Waals surface area contributed by atoms with Gasteiger partial charge in [0.05, 0.1) is 5.25 Å². The van der Waals surface area contributed by atoms with Crippen LogP contribution in [0.2, 0.25) is 0 Å². The molecule has 0 aromatic heterocycles. The minimum atomic E-state index is -0.833. The first-order valence-corrected chi connectivity index (χ1v) is 6.10. The molecule has 0 aliphatic carbocycles. The molecule has 14 heavy (non-hydrogen) atoms. The van der Waals surface area contributed by atoms with Crippen molar-refractivity contribution in [3.63, 3.8) is 0 Å². The molecule has 0 radical (unpaired) electrons. The molecule has 0 aliphatic rings. The highest BCUT2D eigenvalue weighted by Gasteiger charge is 2.25. The molecule has 0 fully saturated rings. The average molecular weight is 210 g/mol. The van der Waals surface area contributed by atoms with Crippen LogP contribution in [0.4, 0.5) is 0 Å². The SMILES string of the molecule is CC(c1ccccc1)S(=O)C(C)(C)C. The fourth-order valence-corrected chi connectivity index (χ4v) is 2.84. The summed E-state index contributed by atoms with van der Waals surface area (Å²) >= 11 is 0. The molecule has 78 valence electrons. The first-order chi connectivity index (χ1) is 6.43. The highest BCUT2D eigenvalue weighted by Crippen LogP contribution is 2.27. The molecule has 0 N–H and O–H groups in total. The van der Waals surface area contributed by atoms with Crippen LogP contribution >= 0.6 is 0 Å². The summed E-state index contributed by atoms with van der Waals surface area (Å²) in [4.78, 5) is 0. The van der Waals surface area contributed by atoms with Crippen LogP contribution in [0.5, 0.6) is 0 Å². The topological polar surface area (TPSA) is 17.1 Å². The van der Waals surface area contributed by atoms with E-state index in [0.29, 0.717) is 0 Å². The van der Waals surface area contributed by atoms with Crippen molar-refractivity contribution >= 4 is 10.8 Å². The lowest BCUT2D eigenvalue weighted by Gasteiger charge is -2.23. The number of hydrogen-bond acceptors (Lipinski definition) is 1. The molecule has 2 unspecified atom stereocenters. The maximum atomic E-state index is 12.1. The number of benzene rings is 1. The van der Waals surface area contributed by atoms with Gasteiger partial charge in [0.1, 0.15) is 0 Å². The third-order valence-corrected chi connectivity index (χ3v) is 4.32. The molecule has 2 atom stereocenters. The van der Waals surface area contributed by atoms with Crippen LogP contribution in [0.25, 0.3) is 0 Å². The Labute approximate surface area is 89.0 Å². The predicted molar refractivity (Wildman–Crippen MR) is 62.8 cm³/mol. The van der Waals surface area contributed by atoms with Gasteiger partial charge in [-0.05, 0) is 33.3 Å². The van der Waals surface area contributed by atoms with Crippen LogP contribution in [0.15, 0.2) is 30.3 Å². The fraction of sp³-hybridized carbons (Fsp3) is 0.500. The third-order valence-electron chi connectivity index (χ3n) is 2.19. The lowest BCUT2D eigenvalue weighted by Crippen LogP contribution is -2.25. The molecule has 0 saturated heterocycles. The summed E-state index contributed by atoms with van der Waals surface area (Å²) in [6.45, 7) is 8.07. The maximum absolute atomic E-state index is 12.1. The van der Waals surface area contributed by atoms with E-state index in [0.717, 1.165) is 5.56 Å². The van der Waals surface area contributed by atoms with Crippen molar-refractivity contribution in [3.8, 4) is 0 Å². The molecular weight excluding hydrogens is 192 g/mol. The quantitative estimate of drug-likeness (QED) is 0.732. The third kappa shape index (κ3) is 2.68. The Morgan fingerprint density at radius 3 is 2.07 bits per heavy atom. The molecule has 1 aromatic rings. The first-order valence-electron chi connectivity index (χ1n) is 4.88. The van der Waals surface area contributed by atoms with Crippen molar-refractivity contribution in [1.29, 1.82) is 0 Å². The molecule has 0 saturated carbocycles. The summed E-state index contributed by atoms with van der Waals surface area (Å²) in [5.74, 6) is 0. The zero-order chi connectivity index (χ0) is 10.8. The highest BCUT2D eigenvalue weighted by molar-refractivity contribution is 7.86. The molecule has 0 heterocycles. The van der Waals surface area contributed by atoms with Gasteiger partial charge in [-0.25, -0.2) is 0 Å². The van der Waals surface area contributed by atoms with Gasteiger partial charge >= 0.3 is 0 Å². The maximum Gasteiger partial charge on any atom is 0.0574 e. The van der Waals surface area contributed by atoms with Gasteiger partial charge in [-0.3, -0.25) is 4.21 Å². The van der Waals surface area contributed by atoms with E-state index in [1.165, 1.54) is 0 Å². The monoisotopic (exact) mass is 210 g/mol. The van der Waals surface area contributed by atoms with Gasteiger partial charge in [-0.2, -0.15) is 0 Å². The van der Waals surface area contributed by atoms with Crippen LogP contribution in [0, 0.1) is 0 Å². The van der Waals surface area contributed by atoms with E-state index in [-0.39, 0.29) is 10.00 Å². The van der Waals surface area contributed by atoms with Crippen LogP contribution in [-0.2, 0) is 10.8 Å². The fourth-order valence-electron chi connectivity index (χ4n) is 1.38. The molecule has 0 bridgehead atoms. The second kappa shape index (κ2) is 4.26. The largest absolute Gasteiger partial charge is 0.258 e. The summed E-state index contributed by atoms with van der Waals surface area (Å²) in [6, 6.07) is 10.0. The lowest BCUT2D eigenvalue weighted by atomic mass is 10.2. The van der Waals surface area contributed by atoms with Crippen LogP contribution in [0.3, 0.4) is 0 Å². The van der Waals surface area contributed by atoms with Gasteiger partial charge in [-0.1, -0.05) is 30.3 Å². The van der Waals surface area contributed by atoms with Crippen molar-refractivity contribution in [3.05, 3.63) is 35.9 Å². The van der Waals surface area contributed by atoms with E-state index < -0.39 is 10.8 Å². The molecule has 2 heteroatoms. The molecule has 1 rings (SSSR count). The molecule has 0 spiro atoms. The van der Waals surface area contributed by atoms with Gasteiger partial charge in [0.2, 0.25) is 0 Å². The highest BCUT2D eigenvalue weighted by atomic mass is 32.2. The van der Waals surface area contributed by atoms with E-state index in [2.05, 4.69) is 0 Å². The molecule has 0 amide bonds. The number of rotatable bonds is 2. The van der Waals surface area contributed by atoms with E-state index >= 15 is 0 Å². The minimum absolute atomic E-state index is 0.108. The van der Waals surface area contributed by atoms with Crippen molar-refractivity contribution in [2.45, 2.75) is 37.7 Å². The molecule has 1 nitrogen and oxygen atoms in total. The smallest absolute Gasteiger partial charge is 0.0574 e. The van der Waals surface area contributed by atoms with Gasteiger partial charge < -0.3 is 0 Å². The standard InChI is InChI=1S/C12H18OS/c1-10(14(13)12(2,3)4)11-8-6-5-7-9-11/h5-10H,1-4H3.